The second kappa shape index (κ2) is 6.58. The molecule has 1 aromatic carbocycles. The van der Waals surface area contributed by atoms with Crippen molar-refractivity contribution in [3.63, 3.8) is 0 Å². The van der Waals surface area contributed by atoms with Crippen LogP contribution in [0.4, 0.5) is 5.69 Å². The Hall–Kier alpha value is -1.80. The van der Waals surface area contributed by atoms with Gasteiger partial charge in [-0.1, -0.05) is 6.07 Å². The molecule has 2 rings (SSSR count). The molecule has 0 aliphatic rings. The van der Waals surface area contributed by atoms with Gasteiger partial charge in [-0.25, -0.2) is 0 Å². The summed E-state index contributed by atoms with van der Waals surface area (Å²) in [5, 5.41) is 16.9. The third-order valence-corrected chi connectivity index (χ3v) is 3.75. The average molecular weight is 333 g/mol. The minimum atomic E-state index is 0.651. The molecule has 0 unspecified atom stereocenters. The number of hydrogen-bond acceptors (Lipinski definition) is 3. The van der Waals surface area contributed by atoms with Crippen LogP contribution in [0.2, 0.25) is 0 Å². The van der Waals surface area contributed by atoms with Crippen molar-refractivity contribution in [1.82, 2.24) is 9.78 Å². The summed E-state index contributed by atoms with van der Waals surface area (Å²) in [6, 6.07) is 10.0. The van der Waals surface area contributed by atoms with Gasteiger partial charge in [-0.2, -0.15) is 10.4 Å². The molecule has 5 heteroatoms. The van der Waals surface area contributed by atoms with Crippen molar-refractivity contribution >= 4 is 21.6 Å². The largest absolute Gasteiger partial charge is 0.384 e. The van der Waals surface area contributed by atoms with Crippen molar-refractivity contribution in [1.29, 1.82) is 5.26 Å². The lowest BCUT2D eigenvalue weighted by molar-refractivity contribution is 0.574. The normalized spacial score (nSPS) is 10.3. The van der Waals surface area contributed by atoms with Gasteiger partial charge >= 0.3 is 0 Å². The van der Waals surface area contributed by atoms with Crippen LogP contribution in [0.1, 0.15) is 23.4 Å². The average Bonchev–Trinajstić information content (AvgIpc) is 2.73. The second-order valence-electron chi connectivity index (χ2n) is 4.70. The summed E-state index contributed by atoms with van der Waals surface area (Å²) >= 11 is 3.39. The maximum atomic E-state index is 9.14. The minimum Gasteiger partial charge on any atom is -0.384 e. The fourth-order valence-corrected chi connectivity index (χ4v) is 2.59. The number of halogens is 1. The molecule has 1 aromatic heterocycles. The zero-order valence-electron chi connectivity index (χ0n) is 11.7. The Labute approximate surface area is 127 Å². The van der Waals surface area contributed by atoms with Crippen molar-refractivity contribution < 1.29 is 0 Å². The molecule has 1 heterocycles. The molecule has 0 saturated carbocycles. The van der Waals surface area contributed by atoms with Gasteiger partial charge in [0.2, 0.25) is 0 Å². The van der Waals surface area contributed by atoms with Crippen LogP contribution < -0.4 is 5.32 Å². The van der Waals surface area contributed by atoms with Crippen LogP contribution in [0.15, 0.2) is 28.7 Å². The summed E-state index contributed by atoms with van der Waals surface area (Å²) in [4.78, 5) is 0. The van der Waals surface area contributed by atoms with E-state index < -0.39 is 0 Å². The molecule has 0 radical (unpaired) electrons. The van der Waals surface area contributed by atoms with E-state index in [1.165, 1.54) is 5.69 Å². The van der Waals surface area contributed by atoms with Crippen LogP contribution in [-0.4, -0.2) is 16.3 Å². The van der Waals surface area contributed by atoms with Gasteiger partial charge in [-0.05, 0) is 54.4 Å². The van der Waals surface area contributed by atoms with E-state index in [9.17, 15) is 0 Å². The Kier molecular flexibility index (Phi) is 4.80. The first-order valence-corrected chi connectivity index (χ1v) is 7.34. The molecule has 4 nitrogen and oxygen atoms in total. The first-order valence-electron chi connectivity index (χ1n) is 6.55. The third-order valence-electron chi connectivity index (χ3n) is 3.09. The predicted octanol–water partition coefficient (Wildman–Crippen LogP) is 3.64. The zero-order chi connectivity index (χ0) is 14.5. The van der Waals surface area contributed by atoms with Crippen LogP contribution in [0.3, 0.4) is 0 Å². The third kappa shape index (κ3) is 3.40. The van der Waals surface area contributed by atoms with E-state index in [0.717, 1.165) is 35.4 Å². The number of nitrogens with one attached hydrogen (secondary N) is 1. The lowest BCUT2D eigenvalue weighted by Crippen LogP contribution is -2.09. The molecule has 0 saturated heterocycles. The molecular weight excluding hydrogens is 316 g/mol. The van der Waals surface area contributed by atoms with Crippen LogP contribution in [-0.2, 0) is 6.54 Å². The lowest BCUT2D eigenvalue weighted by atomic mass is 10.2. The van der Waals surface area contributed by atoms with Gasteiger partial charge in [-0.3, -0.25) is 4.68 Å². The monoisotopic (exact) mass is 332 g/mol. The highest BCUT2D eigenvalue weighted by molar-refractivity contribution is 9.10. The van der Waals surface area contributed by atoms with Crippen molar-refractivity contribution in [3.05, 3.63) is 45.7 Å². The Balaban J connectivity index is 1.90. The van der Waals surface area contributed by atoms with Gasteiger partial charge in [-0.15, -0.1) is 0 Å². The van der Waals surface area contributed by atoms with Crippen molar-refractivity contribution in [2.24, 2.45) is 0 Å². The van der Waals surface area contributed by atoms with Crippen molar-refractivity contribution in [2.75, 3.05) is 11.9 Å². The van der Waals surface area contributed by atoms with Crippen LogP contribution in [0, 0.1) is 25.2 Å². The molecule has 20 heavy (non-hydrogen) atoms. The van der Waals surface area contributed by atoms with E-state index in [-0.39, 0.29) is 0 Å². The standard InChI is InChI=1S/C15H17BrN4/c1-11-9-12(2)20(19-11)8-4-7-18-15-6-3-5-14(16)13(15)10-17/h3,5-6,9,18H,4,7-8H2,1-2H3. The predicted molar refractivity (Wildman–Crippen MR) is 83.7 cm³/mol. The molecule has 0 fully saturated rings. The number of nitrogens with zero attached hydrogens (tertiary/aromatic N) is 3. The lowest BCUT2D eigenvalue weighted by Gasteiger charge is -2.09. The quantitative estimate of drug-likeness (QED) is 0.850. The zero-order valence-corrected chi connectivity index (χ0v) is 13.2. The smallest absolute Gasteiger partial charge is 0.103 e. The molecular formula is C15H17BrN4. The second-order valence-corrected chi connectivity index (χ2v) is 5.56. The Morgan fingerprint density at radius 1 is 1.40 bits per heavy atom. The molecule has 104 valence electrons. The SMILES string of the molecule is Cc1cc(C)n(CCCNc2cccc(Br)c2C#N)n1. The van der Waals surface area contributed by atoms with Crippen LogP contribution in [0.5, 0.6) is 0 Å². The van der Waals surface area contributed by atoms with E-state index >= 15 is 0 Å². The number of anilines is 1. The number of hydrogen-bond donors (Lipinski definition) is 1. The molecule has 0 bridgehead atoms. The van der Waals surface area contributed by atoms with E-state index in [0.29, 0.717) is 5.56 Å². The molecule has 0 atom stereocenters. The fourth-order valence-electron chi connectivity index (χ4n) is 2.14. The maximum absolute atomic E-state index is 9.14. The highest BCUT2D eigenvalue weighted by Gasteiger charge is 2.05. The number of aryl methyl sites for hydroxylation is 3. The summed E-state index contributed by atoms with van der Waals surface area (Å²) in [5.41, 5.74) is 3.76. The highest BCUT2D eigenvalue weighted by atomic mass is 79.9. The van der Waals surface area contributed by atoms with E-state index in [4.69, 9.17) is 5.26 Å². The van der Waals surface area contributed by atoms with Crippen LogP contribution >= 0.6 is 15.9 Å². The summed E-state index contributed by atoms with van der Waals surface area (Å²) in [5.74, 6) is 0. The fraction of sp³-hybridized carbons (Fsp3) is 0.333. The summed E-state index contributed by atoms with van der Waals surface area (Å²) in [7, 11) is 0. The molecule has 1 N–H and O–H groups in total. The first-order chi connectivity index (χ1) is 9.61. The van der Waals surface area contributed by atoms with Gasteiger partial charge in [0.1, 0.15) is 6.07 Å². The topological polar surface area (TPSA) is 53.6 Å². The van der Waals surface area contributed by atoms with Crippen LogP contribution in [0.25, 0.3) is 0 Å². The summed E-state index contributed by atoms with van der Waals surface area (Å²) in [6.45, 7) is 5.75. The number of nitriles is 1. The summed E-state index contributed by atoms with van der Waals surface area (Å²) < 4.78 is 2.84. The molecule has 0 aliphatic heterocycles. The number of benzene rings is 1. The van der Waals surface area contributed by atoms with E-state index in [2.05, 4.69) is 45.4 Å². The van der Waals surface area contributed by atoms with Gasteiger partial charge in [0.15, 0.2) is 0 Å². The van der Waals surface area contributed by atoms with E-state index in [1.807, 2.05) is 29.8 Å². The van der Waals surface area contributed by atoms with Gasteiger partial charge in [0.25, 0.3) is 0 Å². The number of aromatic nitrogens is 2. The highest BCUT2D eigenvalue weighted by Crippen LogP contribution is 2.23. The van der Waals surface area contributed by atoms with E-state index in [1.54, 1.807) is 0 Å². The molecule has 0 spiro atoms. The first kappa shape index (κ1) is 14.6. The maximum Gasteiger partial charge on any atom is 0.103 e. The van der Waals surface area contributed by atoms with Gasteiger partial charge < -0.3 is 5.32 Å². The van der Waals surface area contributed by atoms with Crippen molar-refractivity contribution in [2.45, 2.75) is 26.8 Å². The van der Waals surface area contributed by atoms with Gasteiger partial charge in [0, 0.05) is 23.3 Å². The van der Waals surface area contributed by atoms with Gasteiger partial charge in [0.05, 0.1) is 16.9 Å². The van der Waals surface area contributed by atoms with Crippen molar-refractivity contribution in [3.8, 4) is 6.07 Å². The Bertz CT molecular complexity index is 640. The molecule has 2 aromatic rings. The Morgan fingerprint density at radius 2 is 2.20 bits per heavy atom. The minimum absolute atomic E-state index is 0.651. The Morgan fingerprint density at radius 3 is 2.85 bits per heavy atom. The molecule has 0 amide bonds. The number of rotatable bonds is 5. The molecule has 0 aliphatic carbocycles. The summed E-state index contributed by atoms with van der Waals surface area (Å²) in [6.07, 6.45) is 0.958.